The smallest absolute Gasteiger partial charge is 0.341 e. The minimum Gasteiger partial charge on any atom is -0.462 e. The monoisotopic (exact) mass is 450 g/mol. The summed E-state index contributed by atoms with van der Waals surface area (Å²) in [6.07, 6.45) is 0.514. The number of amides is 2. The fraction of sp³-hybridized carbons (Fsp3) is 0.350. The number of sulfone groups is 1. The van der Waals surface area contributed by atoms with Crippen LogP contribution in [0.15, 0.2) is 24.3 Å². The minimum absolute atomic E-state index is 0.0459. The van der Waals surface area contributed by atoms with Crippen molar-refractivity contribution in [2.45, 2.75) is 32.4 Å². The molecular weight excluding hydrogens is 428 g/mol. The summed E-state index contributed by atoms with van der Waals surface area (Å²) < 4.78 is 29.1. The third kappa shape index (κ3) is 4.88. The molecule has 0 saturated heterocycles. The fourth-order valence-corrected chi connectivity index (χ4v) is 6.13. The van der Waals surface area contributed by atoms with E-state index >= 15 is 0 Å². The van der Waals surface area contributed by atoms with Crippen molar-refractivity contribution in [2.75, 3.05) is 23.0 Å². The third-order valence-electron chi connectivity index (χ3n) is 4.54. The summed E-state index contributed by atoms with van der Waals surface area (Å²) in [6.45, 7) is 3.56. The largest absolute Gasteiger partial charge is 0.462 e. The maximum atomic E-state index is 12.8. The van der Waals surface area contributed by atoms with E-state index in [4.69, 9.17) is 4.74 Å². The highest BCUT2D eigenvalue weighted by atomic mass is 32.2. The zero-order chi connectivity index (χ0) is 21.9. The molecule has 2 aromatic rings. The van der Waals surface area contributed by atoms with Gasteiger partial charge < -0.3 is 15.4 Å². The maximum absolute atomic E-state index is 12.8. The van der Waals surface area contributed by atoms with E-state index in [0.717, 1.165) is 11.3 Å². The Morgan fingerprint density at radius 2 is 1.93 bits per heavy atom. The summed E-state index contributed by atoms with van der Waals surface area (Å²) in [5.74, 6) is -1.45. The van der Waals surface area contributed by atoms with Gasteiger partial charge in [-0.15, -0.1) is 11.3 Å². The molecule has 0 saturated carbocycles. The first kappa shape index (κ1) is 22.0. The molecule has 10 heteroatoms. The van der Waals surface area contributed by atoms with Crippen LogP contribution in [0.1, 0.15) is 51.4 Å². The molecule has 2 amide bonds. The number of ether oxygens (including phenoxy) is 1. The molecule has 30 heavy (non-hydrogen) atoms. The van der Waals surface area contributed by atoms with Gasteiger partial charge in [0, 0.05) is 22.5 Å². The molecule has 160 valence electrons. The Hall–Kier alpha value is -2.72. The average Bonchev–Trinajstić information content (AvgIpc) is 3.03. The van der Waals surface area contributed by atoms with Gasteiger partial charge in [0.1, 0.15) is 5.00 Å². The lowest BCUT2D eigenvalue weighted by Crippen LogP contribution is -2.20. The Morgan fingerprint density at radius 3 is 2.63 bits per heavy atom. The van der Waals surface area contributed by atoms with Gasteiger partial charge in [-0.1, -0.05) is 13.0 Å². The van der Waals surface area contributed by atoms with Crippen LogP contribution in [-0.4, -0.2) is 38.6 Å². The summed E-state index contributed by atoms with van der Waals surface area (Å²) >= 11 is 1.08. The number of carbonyl (C=O) groups excluding carboxylic acids is 3. The van der Waals surface area contributed by atoms with Crippen LogP contribution in [0.25, 0.3) is 0 Å². The fourth-order valence-electron chi connectivity index (χ4n) is 3.09. The molecule has 0 atom stereocenters. The predicted molar refractivity (Wildman–Crippen MR) is 115 cm³/mol. The van der Waals surface area contributed by atoms with Crippen LogP contribution in [0.4, 0.5) is 10.7 Å². The third-order valence-corrected chi connectivity index (χ3v) is 7.43. The second kappa shape index (κ2) is 8.97. The highest BCUT2D eigenvalue weighted by Crippen LogP contribution is 2.38. The van der Waals surface area contributed by atoms with Gasteiger partial charge in [0.15, 0.2) is 9.84 Å². The summed E-state index contributed by atoms with van der Waals surface area (Å²) in [6, 6.07) is 6.42. The van der Waals surface area contributed by atoms with Gasteiger partial charge in [-0.3, -0.25) is 9.59 Å². The SMILES string of the molecule is CCOC(=O)c1c(NC(=O)c2cccc(NC(=O)CC)c2)sc2c1CCS(=O)(=O)C2. The van der Waals surface area contributed by atoms with Gasteiger partial charge in [0.25, 0.3) is 5.91 Å². The molecule has 2 heterocycles. The van der Waals surface area contributed by atoms with E-state index in [1.807, 2.05) is 0 Å². The van der Waals surface area contributed by atoms with Crippen molar-refractivity contribution < 1.29 is 27.5 Å². The van der Waals surface area contributed by atoms with Gasteiger partial charge in [0.05, 0.1) is 23.7 Å². The van der Waals surface area contributed by atoms with Crippen molar-refractivity contribution in [3.63, 3.8) is 0 Å². The zero-order valence-electron chi connectivity index (χ0n) is 16.6. The molecule has 0 spiro atoms. The number of fused-ring (bicyclic) bond motifs is 1. The summed E-state index contributed by atoms with van der Waals surface area (Å²) in [4.78, 5) is 37.5. The van der Waals surface area contributed by atoms with E-state index in [0.29, 0.717) is 22.5 Å². The number of hydrogen-bond acceptors (Lipinski definition) is 7. The van der Waals surface area contributed by atoms with Gasteiger partial charge in [-0.05, 0) is 37.1 Å². The molecule has 2 N–H and O–H groups in total. The van der Waals surface area contributed by atoms with Crippen LogP contribution in [0.3, 0.4) is 0 Å². The van der Waals surface area contributed by atoms with Gasteiger partial charge in [-0.25, -0.2) is 13.2 Å². The molecule has 8 nitrogen and oxygen atoms in total. The van der Waals surface area contributed by atoms with Gasteiger partial charge in [-0.2, -0.15) is 0 Å². The van der Waals surface area contributed by atoms with Crippen molar-refractivity contribution in [3.8, 4) is 0 Å². The lowest BCUT2D eigenvalue weighted by Gasteiger charge is -2.13. The first-order valence-electron chi connectivity index (χ1n) is 9.47. The molecule has 0 bridgehead atoms. The molecular formula is C20H22N2O6S2. The van der Waals surface area contributed by atoms with Crippen molar-refractivity contribution in [1.82, 2.24) is 0 Å². The molecule has 1 aliphatic rings. The van der Waals surface area contributed by atoms with Crippen LogP contribution in [0.5, 0.6) is 0 Å². The van der Waals surface area contributed by atoms with E-state index in [9.17, 15) is 22.8 Å². The van der Waals surface area contributed by atoms with Crippen molar-refractivity contribution in [2.24, 2.45) is 0 Å². The number of hydrogen-bond donors (Lipinski definition) is 2. The number of benzene rings is 1. The summed E-state index contributed by atoms with van der Waals surface area (Å²) in [7, 11) is -3.23. The predicted octanol–water partition coefficient (Wildman–Crippen LogP) is 3.00. The van der Waals surface area contributed by atoms with Crippen LogP contribution in [0.2, 0.25) is 0 Å². The Bertz CT molecular complexity index is 1100. The first-order valence-corrected chi connectivity index (χ1v) is 12.1. The molecule has 1 aromatic carbocycles. The molecule has 0 aliphatic carbocycles. The minimum atomic E-state index is -3.23. The molecule has 0 fully saturated rings. The Balaban J connectivity index is 1.91. The van der Waals surface area contributed by atoms with Gasteiger partial charge in [0.2, 0.25) is 5.91 Å². The van der Waals surface area contributed by atoms with Gasteiger partial charge >= 0.3 is 5.97 Å². The summed E-state index contributed by atoms with van der Waals surface area (Å²) in [5.41, 5.74) is 1.61. The summed E-state index contributed by atoms with van der Waals surface area (Å²) in [5, 5.41) is 5.67. The molecule has 1 aliphatic heterocycles. The number of esters is 1. The molecule has 3 rings (SSSR count). The number of rotatable bonds is 6. The van der Waals surface area contributed by atoms with Crippen molar-refractivity contribution in [1.29, 1.82) is 0 Å². The number of carbonyl (C=O) groups is 3. The number of anilines is 2. The topological polar surface area (TPSA) is 119 Å². The molecule has 0 radical (unpaired) electrons. The lowest BCUT2D eigenvalue weighted by atomic mass is 10.1. The number of thiophene rings is 1. The maximum Gasteiger partial charge on any atom is 0.341 e. The molecule has 0 unspecified atom stereocenters. The van der Waals surface area contributed by atoms with E-state index < -0.39 is 21.7 Å². The van der Waals surface area contributed by atoms with Crippen molar-refractivity contribution >= 4 is 49.6 Å². The lowest BCUT2D eigenvalue weighted by molar-refractivity contribution is -0.115. The van der Waals surface area contributed by atoms with Crippen LogP contribution in [-0.2, 0) is 31.5 Å². The number of nitrogens with one attached hydrogen (secondary N) is 2. The standard InChI is InChI=1S/C20H22N2O6S2/c1-3-16(23)21-13-7-5-6-12(10-13)18(24)22-19-17(20(25)28-4-2)14-8-9-30(26,27)11-15(14)29-19/h5-7,10H,3-4,8-9,11H2,1-2H3,(H,21,23)(H,22,24). The highest BCUT2D eigenvalue weighted by molar-refractivity contribution is 7.90. The normalized spacial score (nSPS) is 14.5. The van der Waals surface area contributed by atoms with Crippen molar-refractivity contribution in [3.05, 3.63) is 45.8 Å². The van der Waals surface area contributed by atoms with Crippen LogP contribution < -0.4 is 10.6 Å². The Morgan fingerprint density at radius 1 is 1.17 bits per heavy atom. The first-order chi connectivity index (χ1) is 14.2. The second-order valence-electron chi connectivity index (χ2n) is 6.71. The average molecular weight is 451 g/mol. The van der Waals surface area contributed by atoms with E-state index in [1.165, 1.54) is 6.07 Å². The van der Waals surface area contributed by atoms with Crippen LogP contribution in [0, 0.1) is 0 Å². The van der Waals surface area contributed by atoms with E-state index in [-0.39, 0.29) is 46.6 Å². The van der Waals surface area contributed by atoms with E-state index in [2.05, 4.69) is 10.6 Å². The highest BCUT2D eigenvalue weighted by Gasteiger charge is 2.32. The van der Waals surface area contributed by atoms with E-state index in [1.54, 1.807) is 32.0 Å². The second-order valence-corrected chi connectivity index (χ2v) is 10.00. The Labute approximate surface area is 178 Å². The Kier molecular flexibility index (Phi) is 6.57. The quantitative estimate of drug-likeness (QED) is 0.653. The molecule has 1 aromatic heterocycles. The van der Waals surface area contributed by atoms with Crippen LogP contribution >= 0.6 is 11.3 Å². The zero-order valence-corrected chi connectivity index (χ0v) is 18.2.